The zero-order valence-corrected chi connectivity index (χ0v) is 14.7. The molecule has 0 bridgehead atoms. The molecule has 0 aliphatic carbocycles. The smallest absolute Gasteiger partial charge is 0.266 e. The second kappa shape index (κ2) is 7.00. The van der Waals surface area contributed by atoms with Crippen molar-refractivity contribution >= 4 is 34.6 Å². The fourth-order valence-electron chi connectivity index (χ4n) is 3.37. The molecule has 130 valence electrons. The molecule has 4 rings (SSSR count). The van der Waals surface area contributed by atoms with Crippen molar-refractivity contribution in [2.75, 3.05) is 26.3 Å². The van der Waals surface area contributed by atoms with Gasteiger partial charge in [0.15, 0.2) is 6.29 Å². The highest BCUT2D eigenvalue weighted by Crippen LogP contribution is 2.29. The van der Waals surface area contributed by atoms with Gasteiger partial charge in [0.05, 0.1) is 22.4 Å². The predicted molar refractivity (Wildman–Crippen MR) is 90.4 cm³/mol. The van der Waals surface area contributed by atoms with Gasteiger partial charge in [-0.2, -0.15) is 0 Å². The summed E-state index contributed by atoms with van der Waals surface area (Å²) in [6, 6.07) is 3.74. The van der Waals surface area contributed by atoms with Crippen LogP contribution in [0.5, 0.6) is 0 Å². The Bertz CT molecular complexity index is 636. The van der Waals surface area contributed by atoms with Crippen LogP contribution in [-0.2, 0) is 19.1 Å². The molecule has 0 spiro atoms. The van der Waals surface area contributed by atoms with E-state index in [1.54, 1.807) is 0 Å². The maximum absolute atomic E-state index is 12.7. The standard InChI is InChI=1S/C16H19ClN2O4S/c17-14-2-1-13(24-14)11-9-12(23-18-11)15(20)19-5-3-10(4-6-19)16-21-7-8-22-16/h1-2,10,12,16H,3-9H2. The van der Waals surface area contributed by atoms with E-state index >= 15 is 0 Å². The first-order chi connectivity index (χ1) is 11.7. The fourth-order valence-corrected chi connectivity index (χ4v) is 4.40. The van der Waals surface area contributed by atoms with E-state index in [1.807, 2.05) is 17.0 Å². The molecule has 1 aromatic rings. The molecule has 0 radical (unpaired) electrons. The number of amides is 1. The Hall–Kier alpha value is -1.15. The van der Waals surface area contributed by atoms with E-state index in [0.717, 1.165) is 23.4 Å². The maximum atomic E-state index is 12.7. The molecule has 24 heavy (non-hydrogen) atoms. The van der Waals surface area contributed by atoms with Crippen LogP contribution in [0, 0.1) is 5.92 Å². The summed E-state index contributed by atoms with van der Waals surface area (Å²) in [5.41, 5.74) is 0.799. The Morgan fingerprint density at radius 3 is 2.67 bits per heavy atom. The number of carbonyl (C=O) groups is 1. The first-order valence-electron chi connectivity index (χ1n) is 8.21. The molecule has 8 heteroatoms. The molecule has 0 aromatic carbocycles. The van der Waals surface area contributed by atoms with E-state index in [-0.39, 0.29) is 12.2 Å². The molecule has 1 aromatic heterocycles. The molecule has 2 saturated heterocycles. The number of oxime groups is 1. The highest BCUT2D eigenvalue weighted by Gasteiger charge is 2.36. The number of piperidine rings is 1. The molecule has 4 heterocycles. The van der Waals surface area contributed by atoms with Crippen molar-refractivity contribution in [1.29, 1.82) is 0 Å². The number of rotatable bonds is 3. The van der Waals surface area contributed by atoms with E-state index in [1.165, 1.54) is 11.3 Å². The molecule has 1 unspecified atom stereocenters. The van der Waals surface area contributed by atoms with Crippen LogP contribution in [-0.4, -0.2) is 55.2 Å². The molecule has 3 aliphatic rings. The van der Waals surface area contributed by atoms with Gasteiger partial charge in [0, 0.05) is 25.4 Å². The van der Waals surface area contributed by atoms with Crippen LogP contribution in [0.1, 0.15) is 24.1 Å². The summed E-state index contributed by atoms with van der Waals surface area (Å²) in [7, 11) is 0. The van der Waals surface area contributed by atoms with Gasteiger partial charge in [0.2, 0.25) is 6.10 Å². The Kier molecular flexibility index (Phi) is 4.76. The zero-order chi connectivity index (χ0) is 16.5. The monoisotopic (exact) mass is 370 g/mol. The average Bonchev–Trinajstić information content (AvgIpc) is 3.35. The van der Waals surface area contributed by atoms with E-state index in [2.05, 4.69) is 5.16 Å². The van der Waals surface area contributed by atoms with E-state index in [4.69, 9.17) is 25.9 Å². The van der Waals surface area contributed by atoms with Crippen molar-refractivity contribution in [3.05, 3.63) is 21.3 Å². The van der Waals surface area contributed by atoms with Crippen LogP contribution in [0.15, 0.2) is 17.3 Å². The van der Waals surface area contributed by atoms with E-state index < -0.39 is 6.10 Å². The Labute approximate surface area is 149 Å². The SMILES string of the molecule is O=C(C1CC(c2ccc(Cl)s2)=NO1)N1CCC(C2OCCO2)CC1. The Morgan fingerprint density at radius 1 is 1.25 bits per heavy atom. The second-order valence-electron chi connectivity index (χ2n) is 6.21. The van der Waals surface area contributed by atoms with Crippen molar-refractivity contribution in [2.24, 2.45) is 11.1 Å². The third kappa shape index (κ3) is 3.31. The van der Waals surface area contributed by atoms with Crippen LogP contribution in [0.2, 0.25) is 4.34 Å². The molecule has 6 nitrogen and oxygen atoms in total. The Balaban J connectivity index is 1.30. The van der Waals surface area contributed by atoms with Gasteiger partial charge in [-0.15, -0.1) is 11.3 Å². The normalized spacial score (nSPS) is 25.8. The fraction of sp³-hybridized carbons (Fsp3) is 0.625. The van der Waals surface area contributed by atoms with Crippen LogP contribution < -0.4 is 0 Å². The van der Waals surface area contributed by atoms with Gasteiger partial charge >= 0.3 is 0 Å². The summed E-state index contributed by atoms with van der Waals surface area (Å²) in [6.07, 6.45) is 1.69. The summed E-state index contributed by atoms with van der Waals surface area (Å²) in [5, 5.41) is 4.08. The predicted octanol–water partition coefficient (Wildman–Crippen LogP) is 2.51. The lowest BCUT2D eigenvalue weighted by atomic mass is 9.95. The molecule has 1 atom stereocenters. The minimum atomic E-state index is -0.517. The van der Waals surface area contributed by atoms with Gasteiger partial charge in [0.1, 0.15) is 5.71 Å². The van der Waals surface area contributed by atoms with Crippen molar-refractivity contribution in [3.63, 3.8) is 0 Å². The number of carbonyl (C=O) groups excluding carboxylic acids is 1. The van der Waals surface area contributed by atoms with Gasteiger partial charge in [-0.05, 0) is 25.0 Å². The first kappa shape index (κ1) is 16.3. The summed E-state index contributed by atoms with van der Waals surface area (Å²) in [4.78, 5) is 20.9. The second-order valence-corrected chi connectivity index (χ2v) is 7.93. The number of hydrogen-bond acceptors (Lipinski definition) is 6. The van der Waals surface area contributed by atoms with Crippen LogP contribution in [0.25, 0.3) is 0 Å². The topological polar surface area (TPSA) is 60.4 Å². The highest BCUT2D eigenvalue weighted by molar-refractivity contribution is 7.18. The number of ether oxygens (including phenoxy) is 2. The molecular formula is C16H19ClN2O4S. The third-order valence-electron chi connectivity index (χ3n) is 4.69. The molecule has 0 saturated carbocycles. The average molecular weight is 371 g/mol. The van der Waals surface area contributed by atoms with Crippen molar-refractivity contribution in [3.8, 4) is 0 Å². The number of hydrogen-bond donors (Lipinski definition) is 0. The lowest BCUT2D eigenvalue weighted by Crippen LogP contribution is -2.45. The van der Waals surface area contributed by atoms with E-state index in [0.29, 0.717) is 43.0 Å². The van der Waals surface area contributed by atoms with Gasteiger partial charge in [0.25, 0.3) is 5.91 Å². The van der Waals surface area contributed by atoms with Gasteiger partial charge in [-0.3, -0.25) is 4.79 Å². The summed E-state index contributed by atoms with van der Waals surface area (Å²) < 4.78 is 11.9. The van der Waals surface area contributed by atoms with Crippen LogP contribution >= 0.6 is 22.9 Å². The van der Waals surface area contributed by atoms with Crippen LogP contribution in [0.3, 0.4) is 0 Å². The lowest BCUT2D eigenvalue weighted by Gasteiger charge is -2.34. The van der Waals surface area contributed by atoms with Gasteiger partial charge < -0.3 is 19.2 Å². The Morgan fingerprint density at radius 2 is 2.00 bits per heavy atom. The summed E-state index contributed by atoms with van der Waals surface area (Å²) in [5.74, 6) is 0.393. The third-order valence-corrected chi connectivity index (χ3v) is 5.97. The molecule has 2 fully saturated rings. The van der Waals surface area contributed by atoms with E-state index in [9.17, 15) is 4.79 Å². The quantitative estimate of drug-likeness (QED) is 0.820. The summed E-state index contributed by atoms with van der Waals surface area (Å²) >= 11 is 7.40. The largest absolute Gasteiger partial charge is 0.382 e. The molecule has 1 amide bonds. The molecular weight excluding hydrogens is 352 g/mol. The van der Waals surface area contributed by atoms with Crippen molar-refractivity contribution in [1.82, 2.24) is 4.90 Å². The minimum absolute atomic E-state index is 0.0168. The van der Waals surface area contributed by atoms with Gasteiger partial charge in [-0.25, -0.2) is 0 Å². The zero-order valence-electron chi connectivity index (χ0n) is 13.2. The summed E-state index contributed by atoms with van der Waals surface area (Å²) in [6.45, 7) is 2.78. The number of halogens is 1. The molecule has 0 N–H and O–H groups in total. The highest BCUT2D eigenvalue weighted by atomic mass is 35.5. The van der Waals surface area contributed by atoms with Crippen molar-refractivity contribution in [2.45, 2.75) is 31.7 Å². The first-order valence-corrected chi connectivity index (χ1v) is 9.40. The van der Waals surface area contributed by atoms with Crippen molar-refractivity contribution < 1.29 is 19.1 Å². The molecule has 3 aliphatic heterocycles. The maximum Gasteiger partial charge on any atom is 0.266 e. The minimum Gasteiger partial charge on any atom is -0.382 e. The number of thiophene rings is 1. The number of likely N-dealkylation sites (tertiary alicyclic amines) is 1. The van der Waals surface area contributed by atoms with Crippen LogP contribution in [0.4, 0.5) is 0 Å². The lowest BCUT2D eigenvalue weighted by molar-refractivity contribution is -0.147. The van der Waals surface area contributed by atoms with Gasteiger partial charge in [-0.1, -0.05) is 16.8 Å². The number of nitrogens with zero attached hydrogens (tertiary/aromatic N) is 2.